The van der Waals surface area contributed by atoms with Crippen molar-refractivity contribution in [2.45, 2.75) is 19.9 Å². The summed E-state index contributed by atoms with van der Waals surface area (Å²) >= 11 is 0. The van der Waals surface area contributed by atoms with Crippen LogP contribution < -0.4 is 5.32 Å². The zero-order valence-electron chi connectivity index (χ0n) is 15.0. The van der Waals surface area contributed by atoms with Crippen molar-refractivity contribution in [3.8, 4) is 6.07 Å². The number of morpholine rings is 1. The number of aryl methyl sites for hydroxylation is 1. The van der Waals surface area contributed by atoms with E-state index in [-0.39, 0.29) is 11.9 Å². The van der Waals surface area contributed by atoms with Crippen molar-refractivity contribution < 1.29 is 9.13 Å². The molecule has 6 nitrogen and oxygen atoms in total. The number of benzene rings is 1. The van der Waals surface area contributed by atoms with Crippen molar-refractivity contribution in [1.29, 1.82) is 5.26 Å². The summed E-state index contributed by atoms with van der Waals surface area (Å²) in [5.74, 6) is 0.203. The van der Waals surface area contributed by atoms with Crippen LogP contribution in [0.25, 0.3) is 0 Å². The second kappa shape index (κ2) is 8.21. The predicted octanol–water partition coefficient (Wildman–Crippen LogP) is 2.59. The first kappa shape index (κ1) is 18.2. The Labute approximate surface area is 152 Å². The lowest BCUT2D eigenvalue weighted by Gasteiger charge is -2.35. The molecule has 1 aromatic heterocycles. The van der Waals surface area contributed by atoms with Gasteiger partial charge in [-0.1, -0.05) is 12.1 Å². The number of nitriles is 1. The van der Waals surface area contributed by atoms with Crippen LogP contribution in [0, 0.1) is 31.0 Å². The van der Waals surface area contributed by atoms with Crippen LogP contribution in [0.5, 0.6) is 0 Å². The van der Waals surface area contributed by atoms with E-state index in [9.17, 15) is 9.65 Å². The largest absolute Gasteiger partial charge is 0.379 e. The van der Waals surface area contributed by atoms with E-state index >= 15 is 0 Å². The molecule has 26 heavy (non-hydrogen) atoms. The number of anilines is 1. The quantitative estimate of drug-likeness (QED) is 0.889. The third kappa shape index (κ3) is 3.98. The highest BCUT2D eigenvalue weighted by atomic mass is 19.1. The molecular formula is C19H22FN5O. The summed E-state index contributed by atoms with van der Waals surface area (Å²) in [6, 6.07) is 8.78. The predicted molar refractivity (Wildman–Crippen MR) is 96.2 cm³/mol. The third-order valence-corrected chi connectivity index (χ3v) is 4.75. The van der Waals surface area contributed by atoms with Gasteiger partial charge in [0, 0.05) is 19.6 Å². The van der Waals surface area contributed by atoms with E-state index in [1.165, 1.54) is 6.07 Å². The van der Waals surface area contributed by atoms with Gasteiger partial charge in [-0.25, -0.2) is 4.39 Å². The number of nitrogens with one attached hydrogen (secondary N) is 1. The molecule has 0 bridgehead atoms. The van der Waals surface area contributed by atoms with E-state index in [0.717, 1.165) is 29.9 Å². The van der Waals surface area contributed by atoms with E-state index in [4.69, 9.17) is 4.74 Å². The molecule has 0 radical (unpaired) electrons. The van der Waals surface area contributed by atoms with Crippen molar-refractivity contribution >= 4 is 5.82 Å². The first-order chi connectivity index (χ1) is 12.6. The molecule has 1 aliphatic rings. The number of ether oxygens (including phenoxy) is 1. The maximum atomic E-state index is 13.7. The smallest absolute Gasteiger partial charge is 0.167 e. The molecule has 7 heteroatoms. The number of hydrogen-bond donors (Lipinski definition) is 1. The highest BCUT2D eigenvalue weighted by Gasteiger charge is 2.23. The van der Waals surface area contributed by atoms with Crippen molar-refractivity contribution in [3.63, 3.8) is 0 Å². The topological polar surface area (TPSA) is 74.1 Å². The Kier molecular flexibility index (Phi) is 5.76. The normalized spacial score (nSPS) is 16.1. The van der Waals surface area contributed by atoms with Gasteiger partial charge < -0.3 is 10.1 Å². The average molecular weight is 355 g/mol. The van der Waals surface area contributed by atoms with Crippen molar-refractivity contribution in [3.05, 3.63) is 52.5 Å². The van der Waals surface area contributed by atoms with Crippen molar-refractivity contribution in [1.82, 2.24) is 15.1 Å². The first-order valence-corrected chi connectivity index (χ1v) is 8.65. The van der Waals surface area contributed by atoms with Gasteiger partial charge in [-0.2, -0.15) is 10.4 Å². The Morgan fingerprint density at radius 1 is 1.31 bits per heavy atom. The fourth-order valence-corrected chi connectivity index (χ4v) is 3.12. The molecule has 0 aliphatic carbocycles. The molecule has 2 aromatic rings. The van der Waals surface area contributed by atoms with Gasteiger partial charge in [-0.05, 0) is 37.1 Å². The highest BCUT2D eigenvalue weighted by molar-refractivity contribution is 5.55. The third-order valence-electron chi connectivity index (χ3n) is 4.75. The van der Waals surface area contributed by atoms with Crippen LogP contribution in [0.15, 0.2) is 24.3 Å². The Hall–Kier alpha value is -2.56. The van der Waals surface area contributed by atoms with Crippen LogP contribution in [0.1, 0.15) is 28.4 Å². The Bertz CT molecular complexity index is 814. The minimum Gasteiger partial charge on any atom is -0.379 e. The van der Waals surface area contributed by atoms with Crippen molar-refractivity contribution in [2.24, 2.45) is 0 Å². The van der Waals surface area contributed by atoms with Gasteiger partial charge in [-0.3, -0.25) is 4.90 Å². The van der Waals surface area contributed by atoms with Crippen molar-refractivity contribution in [2.75, 3.05) is 38.2 Å². The molecule has 1 aliphatic heterocycles. The lowest BCUT2D eigenvalue weighted by molar-refractivity contribution is 0.0186. The Balaban J connectivity index is 1.85. The molecule has 0 amide bonds. The second-order valence-corrected chi connectivity index (χ2v) is 6.35. The fraction of sp³-hybridized carbons (Fsp3) is 0.421. The summed E-state index contributed by atoms with van der Waals surface area (Å²) in [7, 11) is 0. The summed E-state index contributed by atoms with van der Waals surface area (Å²) in [5, 5.41) is 20.9. The Morgan fingerprint density at radius 2 is 2.08 bits per heavy atom. The zero-order chi connectivity index (χ0) is 18.5. The van der Waals surface area contributed by atoms with Crippen LogP contribution in [0.3, 0.4) is 0 Å². The van der Waals surface area contributed by atoms with Gasteiger partial charge in [0.25, 0.3) is 0 Å². The van der Waals surface area contributed by atoms with Gasteiger partial charge in [0.05, 0.1) is 24.9 Å². The molecule has 0 spiro atoms. The van der Waals surface area contributed by atoms with E-state index in [0.29, 0.717) is 31.1 Å². The van der Waals surface area contributed by atoms with Crippen LogP contribution in [-0.2, 0) is 4.74 Å². The van der Waals surface area contributed by atoms with Gasteiger partial charge in [-0.15, -0.1) is 5.10 Å². The molecule has 1 saturated heterocycles. The first-order valence-electron chi connectivity index (χ1n) is 8.65. The van der Waals surface area contributed by atoms with E-state index in [1.807, 2.05) is 19.9 Å². The summed E-state index contributed by atoms with van der Waals surface area (Å²) in [4.78, 5) is 2.26. The van der Waals surface area contributed by atoms with Gasteiger partial charge in [0.1, 0.15) is 17.4 Å². The lowest BCUT2D eigenvalue weighted by atomic mass is 10.0. The lowest BCUT2D eigenvalue weighted by Crippen LogP contribution is -2.41. The summed E-state index contributed by atoms with van der Waals surface area (Å²) in [5.41, 5.74) is 2.94. The molecule has 1 N–H and O–H groups in total. The van der Waals surface area contributed by atoms with Gasteiger partial charge in [0.2, 0.25) is 0 Å². The zero-order valence-corrected chi connectivity index (χ0v) is 15.0. The summed E-state index contributed by atoms with van der Waals surface area (Å²) in [6.45, 7) is 7.03. The fourth-order valence-electron chi connectivity index (χ4n) is 3.12. The number of hydrogen-bond acceptors (Lipinski definition) is 6. The number of aromatic nitrogens is 2. The van der Waals surface area contributed by atoms with Crippen LogP contribution in [0.4, 0.5) is 10.2 Å². The number of halogens is 1. The molecule has 1 fully saturated rings. The molecule has 0 saturated carbocycles. The molecule has 2 heterocycles. The standard InChI is InChI=1S/C19H22FN5O/c1-13-14(2)23-24-19(17(13)11-21)22-12-18(25-6-8-26-9-7-25)15-4-3-5-16(20)10-15/h3-5,10,18H,6-9,12H2,1-2H3,(H,22,24)/t18-/m0/s1. The minimum absolute atomic E-state index is 0.0513. The maximum absolute atomic E-state index is 13.7. The molecule has 1 atom stereocenters. The summed E-state index contributed by atoms with van der Waals surface area (Å²) in [6.07, 6.45) is 0. The summed E-state index contributed by atoms with van der Waals surface area (Å²) < 4.78 is 19.2. The maximum Gasteiger partial charge on any atom is 0.167 e. The SMILES string of the molecule is Cc1nnc(NC[C@@H](c2cccc(F)c2)N2CCOCC2)c(C#N)c1C. The second-order valence-electron chi connectivity index (χ2n) is 6.35. The van der Waals surface area contributed by atoms with Crippen LogP contribution >= 0.6 is 0 Å². The Morgan fingerprint density at radius 3 is 2.77 bits per heavy atom. The number of rotatable bonds is 5. The monoisotopic (exact) mass is 355 g/mol. The van der Waals surface area contributed by atoms with Crippen LogP contribution in [0.2, 0.25) is 0 Å². The van der Waals surface area contributed by atoms with Crippen LogP contribution in [-0.4, -0.2) is 47.9 Å². The van der Waals surface area contributed by atoms with E-state index in [2.05, 4.69) is 26.5 Å². The van der Waals surface area contributed by atoms with Gasteiger partial charge in [0.15, 0.2) is 5.82 Å². The molecule has 0 unspecified atom stereocenters. The molecular weight excluding hydrogens is 333 g/mol. The van der Waals surface area contributed by atoms with E-state index in [1.54, 1.807) is 12.1 Å². The molecule has 3 rings (SSSR count). The number of nitrogens with zero attached hydrogens (tertiary/aromatic N) is 4. The van der Waals surface area contributed by atoms with E-state index < -0.39 is 0 Å². The molecule has 1 aromatic carbocycles. The molecule has 136 valence electrons. The minimum atomic E-state index is -0.260. The van der Waals surface area contributed by atoms with Gasteiger partial charge >= 0.3 is 0 Å². The highest BCUT2D eigenvalue weighted by Crippen LogP contribution is 2.24. The average Bonchev–Trinajstić information content (AvgIpc) is 2.66.